The van der Waals surface area contributed by atoms with Crippen LogP contribution in [0.1, 0.15) is 5.56 Å². The maximum atomic E-state index is 13.7. The molecule has 1 saturated heterocycles. The molecule has 4 aromatic rings. The van der Waals surface area contributed by atoms with Crippen molar-refractivity contribution >= 4 is 45.1 Å². The normalized spacial score (nSPS) is 18.6. The van der Waals surface area contributed by atoms with Gasteiger partial charge in [-0.25, -0.2) is 4.99 Å². The van der Waals surface area contributed by atoms with E-state index in [4.69, 9.17) is 9.73 Å². The summed E-state index contributed by atoms with van der Waals surface area (Å²) in [7, 11) is 1.91. The SMILES string of the molecule is CN1/C(=C2/SC(=Nc3cccc4ncccc34)N(Cc3ccccc3)C2=O)Oc2ccccc21. The van der Waals surface area contributed by atoms with Gasteiger partial charge in [0, 0.05) is 18.6 Å². The van der Waals surface area contributed by atoms with Gasteiger partial charge in [-0.2, -0.15) is 0 Å². The third-order valence-electron chi connectivity index (χ3n) is 5.82. The van der Waals surface area contributed by atoms with Crippen molar-refractivity contribution in [3.63, 3.8) is 0 Å². The molecule has 1 fully saturated rings. The summed E-state index contributed by atoms with van der Waals surface area (Å²) in [6, 6.07) is 27.4. The number of rotatable bonds is 3. The molecule has 1 amide bonds. The fourth-order valence-electron chi connectivity index (χ4n) is 4.11. The number of benzene rings is 3. The van der Waals surface area contributed by atoms with Crippen LogP contribution in [0, 0.1) is 0 Å². The molecule has 1 aromatic heterocycles. The lowest BCUT2D eigenvalue weighted by molar-refractivity contribution is -0.122. The summed E-state index contributed by atoms with van der Waals surface area (Å²) in [4.78, 5) is 27.2. The molecule has 0 N–H and O–H groups in total. The van der Waals surface area contributed by atoms with E-state index in [0.717, 1.165) is 33.6 Å². The third kappa shape index (κ3) is 3.50. The van der Waals surface area contributed by atoms with E-state index < -0.39 is 0 Å². The van der Waals surface area contributed by atoms with Crippen molar-refractivity contribution < 1.29 is 9.53 Å². The van der Waals surface area contributed by atoms with Crippen molar-refractivity contribution in [3.8, 4) is 5.75 Å². The van der Waals surface area contributed by atoms with Gasteiger partial charge in [-0.3, -0.25) is 14.7 Å². The zero-order valence-corrected chi connectivity index (χ0v) is 19.2. The molecular weight excluding hydrogens is 444 g/mol. The highest BCUT2D eigenvalue weighted by atomic mass is 32.2. The minimum Gasteiger partial charge on any atom is -0.437 e. The molecule has 166 valence electrons. The van der Waals surface area contributed by atoms with E-state index in [1.54, 1.807) is 11.1 Å². The molecule has 7 heteroatoms. The number of ether oxygens (including phenoxy) is 1. The van der Waals surface area contributed by atoms with Crippen LogP contribution in [0.2, 0.25) is 0 Å². The van der Waals surface area contributed by atoms with Gasteiger partial charge in [0.25, 0.3) is 5.91 Å². The number of amides is 1. The molecule has 34 heavy (non-hydrogen) atoms. The van der Waals surface area contributed by atoms with Gasteiger partial charge < -0.3 is 9.64 Å². The number of nitrogens with zero attached hydrogens (tertiary/aromatic N) is 4. The first-order valence-corrected chi connectivity index (χ1v) is 11.7. The Kier molecular flexibility index (Phi) is 5.04. The predicted octanol–water partition coefficient (Wildman–Crippen LogP) is 5.70. The summed E-state index contributed by atoms with van der Waals surface area (Å²) in [5.74, 6) is 1.14. The fraction of sp³-hybridized carbons (Fsp3) is 0.0741. The number of hydrogen-bond donors (Lipinski definition) is 0. The van der Waals surface area contributed by atoms with E-state index in [1.165, 1.54) is 11.8 Å². The highest BCUT2D eigenvalue weighted by molar-refractivity contribution is 8.18. The standard InChI is InChI=1S/C27H20N4O2S/c1-30-22-14-5-6-15-23(22)33-26(30)24-25(32)31(17-18-9-3-2-4-10-18)27(34-24)29-21-13-7-12-20-19(21)11-8-16-28-20/h2-16H,17H2,1H3/b26-24-,29-27?. The quantitative estimate of drug-likeness (QED) is 0.364. The first-order chi connectivity index (χ1) is 16.7. The topological polar surface area (TPSA) is 58.0 Å². The molecule has 0 unspecified atom stereocenters. The third-order valence-corrected chi connectivity index (χ3v) is 6.87. The van der Waals surface area contributed by atoms with Gasteiger partial charge in [-0.1, -0.05) is 48.5 Å². The average molecular weight is 465 g/mol. The number of carbonyl (C=O) groups excluding carboxylic acids is 1. The van der Waals surface area contributed by atoms with Crippen LogP contribution in [-0.4, -0.2) is 28.0 Å². The summed E-state index contributed by atoms with van der Waals surface area (Å²) in [6.45, 7) is 0.419. The van der Waals surface area contributed by atoms with Crippen LogP contribution in [0.4, 0.5) is 11.4 Å². The fourth-order valence-corrected chi connectivity index (χ4v) is 5.16. The number of pyridine rings is 1. The molecule has 3 heterocycles. The largest absolute Gasteiger partial charge is 0.437 e. The van der Waals surface area contributed by atoms with Crippen LogP contribution in [0.25, 0.3) is 10.9 Å². The number of anilines is 1. The highest BCUT2D eigenvalue weighted by Crippen LogP contribution is 2.44. The van der Waals surface area contributed by atoms with E-state index in [-0.39, 0.29) is 5.91 Å². The second kappa shape index (κ2) is 8.35. The van der Waals surface area contributed by atoms with Gasteiger partial charge in [-0.15, -0.1) is 0 Å². The molecule has 0 aliphatic carbocycles. The number of para-hydroxylation sites is 2. The monoisotopic (exact) mass is 464 g/mol. The number of thioether (sulfide) groups is 1. The Labute approximate surface area is 201 Å². The second-order valence-electron chi connectivity index (χ2n) is 7.98. The zero-order valence-electron chi connectivity index (χ0n) is 18.4. The number of aliphatic imine (C=N–C) groups is 1. The van der Waals surface area contributed by atoms with Crippen molar-refractivity contribution in [2.75, 3.05) is 11.9 Å². The maximum Gasteiger partial charge on any atom is 0.272 e. The lowest BCUT2D eigenvalue weighted by atomic mass is 10.2. The Bertz CT molecular complexity index is 1480. The van der Waals surface area contributed by atoms with Crippen LogP contribution < -0.4 is 9.64 Å². The Morgan fingerprint density at radius 1 is 0.941 bits per heavy atom. The summed E-state index contributed by atoms with van der Waals surface area (Å²) in [5.41, 5.74) is 3.59. The van der Waals surface area contributed by atoms with Crippen LogP contribution in [0.5, 0.6) is 5.75 Å². The molecule has 2 aliphatic rings. The molecule has 6 rings (SSSR count). The van der Waals surface area contributed by atoms with Gasteiger partial charge in [0.2, 0.25) is 5.88 Å². The van der Waals surface area contributed by atoms with Crippen molar-refractivity contribution in [2.24, 2.45) is 4.99 Å². The van der Waals surface area contributed by atoms with Gasteiger partial charge >= 0.3 is 0 Å². The lowest BCUT2D eigenvalue weighted by Crippen LogP contribution is -2.29. The van der Waals surface area contributed by atoms with E-state index in [9.17, 15) is 4.79 Å². The average Bonchev–Trinajstić information content (AvgIpc) is 3.36. The molecule has 2 aliphatic heterocycles. The zero-order chi connectivity index (χ0) is 23.1. The first kappa shape index (κ1) is 20.5. The number of hydrogen-bond acceptors (Lipinski definition) is 6. The molecule has 6 nitrogen and oxygen atoms in total. The Morgan fingerprint density at radius 2 is 1.76 bits per heavy atom. The van der Waals surface area contributed by atoms with Crippen LogP contribution in [-0.2, 0) is 11.3 Å². The first-order valence-electron chi connectivity index (χ1n) is 10.9. The van der Waals surface area contributed by atoms with E-state index in [2.05, 4.69) is 4.98 Å². The smallest absolute Gasteiger partial charge is 0.272 e. The molecule has 0 radical (unpaired) electrons. The van der Waals surface area contributed by atoms with Crippen molar-refractivity contribution in [1.29, 1.82) is 0 Å². The van der Waals surface area contributed by atoms with E-state index in [0.29, 0.717) is 22.5 Å². The Hall–Kier alpha value is -4.10. The van der Waals surface area contributed by atoms with Crippen LogP contribution in [0.15, 0.2) is 107 Å². The second-order valence-corrected chi connectivity index (χ2v) is 8.96. The summed E-state index contributed by atoms with van der Waals surface area (Å²) >= 11 is 1.34. The number of fused-ring (bicyclic) bond motifs is 2. The molecule has 3 aromatic carbocycles. The van der Waals surface area contributed by atoms with Gasteiger partial charge in [-0.05, 0) is 53.7 Å². The van der Waals surface area contributed by atoms with Crippen LogP contribution in [0.3, 0.4) is 0 Å². The Morgan fingerprint density at radius 3 is 2.62 bits per heavy atom. The Balaban J connectivity index is 1.45. The van der Waals surface area contributed by atoms with Crippen molar-refractivity contribution in [1.82, 2.24) is 9.88 Å². The van der Waals surface area contributed by atoms with Crippen molar-refractivity contribution in [2.45, 2.75) is 6.54 Å². The molecule has 0 bridgehead atoms. The van der Waals surface area contributed by atoms with Crippen molar-refractivity contribution in [3.05, 3.63) is 107 Å². The number of aromatic nitrogens is 1. The summed E-state index contributed by atoms with van der Waals surface area (Å²) in [6.07, 6.45) is 1.77. The molecule has 0 saturated carbocycles. The van der Waals surface area contributed by atoms with E-state index >= 15 is 0 Å². The van der Waals surface area contributed by atoms with E-state index in [1.807, 2.05) is 96.9 Å². The summed E-state index contributed by atoms with van der Waals surface area (Å²) in [5, 5.41) is 1.55. The molecular formula is C27H20N4O2S. The summed E-state index contributed by atoms with van der Waals surface area (Å²) < 4.78 is 6.11. The predicted molar refractivity (Wildman–Crippen MR) is 136 cm³/mol. The molecule has 0 spiro atoms. The minimum atomic E-state index is -0.124. The maximum absolute atomic E-state index is 13.7. The lowest BCUT2D eigenvalue weighted by Gasteiger charge is -2.16. The van der Waals surface area contributed by atoms with Gasteiger partial charge in [0.15, 0.2) is 10.9 Å². The number of amidine groups is 1. The highest BCUT2D eigenvalue weighted by Gasteiger charge is 2.40. The molecule has 0 atom stereocenters. The van der Waals surface area contributed by atoms with Gasteiger partial charge in [0.05, 0.1) is 23.4 Å². The minimum absolute atomic E-state index is 0.124. The van der Waals surface area contributed by atoms with Gasteiger partial charge in [0.1, 0.15) is 4.91 Å². The number of carbonyl (C=O) groups is 1. The van der Waals surface area contributed by atoms with Crippen LogP contribution >= 0.6 is 11.8 Å².